The van der Waals surface area contributed by atoms with Crippen molar-refractivity contribution in [1.29, 1.82) is 0 Å². The number of halogens is 4. The molecule has 1 atom stereocenters. The molecule has 2 aliphatic rings. The van der Waals surface area contributed by atoms with Gasteiger partial charge in [-0.1, -0.05) is 36.4 Å². The third-order valence-corrected chi connectivity index (χ3v) is 7.30. The lowest BCUT2D eigenvalue weighted by Gasteiger charge is -2.43. The number of likely N-dealkylation sites (tertiary alicyclic amines) is 1. The van der Waals surface area contributed by atoms with Crippen molar-refractivity contribution < 1.29 is 37.1 Å². The topological polar surface area (TPSA) is 102 Å². The molecule has 3 N–H and O–H groups in total. The van der Waals surface area contributed by atoms with Gasteiger partial charge in [-0.15, -0.1) is 0 Å². The van der Waals surface area contributed by atoms with Crippen molar-refractivity contribution in [1.82, 2.24) is 15.5 Å². The van der Waals surface area contributed by atoms with Crippen LogP contribution in [0.3, 0.4) is 0 Å². The van der Waals surface area contributed by atoms with Crippen LogP contribution in [0.5, 0.6) is 0 Å². The van der Waals surface area contributed by atoms with Gasteiger partial charge in [0.25, 0.3) is 5.91 Å². The fraction of sp³-hybridized carbons (Fsp3) is 0.345. The van der Waals surface area contributed by atoms with Crippen LogP contribution in [0.2, 0.25) is 0 Å². The average molecular weight is 575 g/mol. The zero-order chi connectivity index (χ0) is 29.8. The summed E-state index contributed by atoms with van der Waals surface area (Å²) in [7, 11) is 0. The monoisotopic (exact) mass is 574 g/mol. The van der Waals surface area contributed by atoms with E-state index < -0.39 is 17.7 Å². The fourth-order valence-corrected chi connectivity index (χ4v) is 5.24. The Bertz CT molecular complexity index is 1420. The van der Waals surface area contributed by atoms with Crippen molar-refractivity contribution in [3.05, 3.63) is 78.1 Å². The molecule has 0 unspecified atom stereocenters. The van der Waals surface area contributed by atoms with E-state index in [2.05, 4.69) is 15.5 Å². The molecule has 3 aromatic carbocycles. The summed E-state index contributed by atoms with van der Waals surface area (Å²) in [4.78, 5) is 38.8. The average Bonchev–Trinajstić information content (AvgIpc) is 3.24. The molecule has 1 spiro atoms. The lowest BCUT2D eigenvalue weighted by molar-refractivity contribution is -0.192. The molecule has 0 bridgehead atoms. The zero-order valence-corrected chi connectivity index (χ0v) is 22.2. The first kappa shape index (κ1) is 29.8. The normalized spacial score (nSPS) is 17.5. The molecule has 41 heavy (non-hydrogen) atoms. The number of nitrogens with one attached hydrogen (secondary N) is 2. The zero-order valence-electron chi connectivity index (χ0n) is 22.2. The van der Waals surface area contributed by atoms with Crippen LogP contribution in [0.4, 0.5) is 23.2 Å². The Labute approximate surface area is 233 Å². The van der Waals surface area contributed by atoms with Crippen molar-refractivity contribution >= 4 is 34.2 Å². The molecule has 12 heteroatoms. The molecule has 5 rings (SSSR count). The number of nitrogens with zero attached hydrogens (tertiary/aromatic N) is 2. The van der Waals surface area contributed by atoms with Gasteiger partial charge in [0.05, 0.1) is 6.67 Å². The number of amides is 2. The molecular formula is C29H30F4N4O4. The summed E-state index contributed by atoms with van der Waals surface area (Å²) in [6.07, 6.45) is -3.78. The molecule has 2 aliphatic heterocycles. The number of hydrogen-bond donors (Lipinski definition) is 3. The van der Waals surface area contributed by atoms with E-state index in [0.717, 1.165) is 29.5 Å². The van der Waals surface area contributed by atoms with E-state index in [1.54, 1.807) is 6.07 Å². The molecule has 2 saturated heterocycles. The molecule has 0 aliphatic carbocycles. The van der Waals surface area contributed by atoms with E-state index in [-0.39, 0.29) is 23.7 Å². The summed E-state index contributed by atoms with van der Waals surface area (Å²) in [5.74, 6) is -3.14. The third-order valence-electron chi connectivity index (χ3n) is 7.30. The summed E-state index contributed by atoms with van der Waals surface area (Å²) >= 11 is 0. The molecule has 8 nitrogen and oxygen atoms in total. The van der Waals surface area contributed by atoms with E-state index in [0.29, 0.717) is 31.6 Å². The van der Waals surface area contributed by atoms with Gasteiger partial charge in [-0.2, -0.15) is 13.2 Å². The van der Waals surface area contributed by atoms with Crippen molar-refractivity contribution in [3.8, 4) is 0 Å². The van der Waals surface area contributed by atoms with E-state index in [1.807, 2.05) is 60.4 Å². The maximum absolute atomic E-state index is 13.8. The third kappa shape index (κ3) is 6.94. The van der Waals surface area contributed by atoms with Crippen LogP contribution in [0.1, 0.15) is 30.1 Å². The molecular weight excluding hydrogens is 544 g/mol. The number of carbonyl (C=O) groups excluding carboxylic acids is 2. The molecule has 2 fully saturated rings. The molecule has 0 radical (unpaired) electrons. The van der Waals surface area contributed by atoms with E-state index >= 15 is 0 Å². The Balaban J connectivity index is 0.000000493. The van der Waals surface area contributed by atoms with Gasteiger partial charge >= 0.3 is 12.1 Å². The molecule has 0 saturated carbocycles. The van der Waals surface area contributed by atoms with Gasteiger partial charge < -0.3 is 25.5 Å². The van der Waals surface area contributed by atoms with Crippen molar-refractivity contribution in [3.63, 3.8) is 0 Å². The SMILES string of the molecule is C[C@H](CN1CCC2(CC1)C(=O)NCN2c1cccc(F)c1)NC(=O)c1ccc2ccccc2c1.O=C(O)C(F)(F)F. The number of rotatable bonds is 5. The highest BCUT2D eigenvalue weighted by molar-refractivity contribution is 5.98. The molecule has 3 aromatic rings. The minimum atomic E-state index is -5.08. The van der Waals surface area contributed by atoms with E-state index in [4.69, 9.17) is 9.90 Å². The Morgan fingerprint density at radius 1 is 1.02 bits per heavy atom. The summed E-state index contributed by atoms with van der Waals surface area (Å²) in [5, 5.41) is 15.3. The van der Waals surface area contributed by atoms with Crippen LogP contribution < -0.4 is 15.5 Å². The quantitative estimate of drug-likeness (QED) is 0.396. The fourth-order valence-electron chi connectivity index (χ4n) is 5.24. The number of fused-ring (bicyclic) bond motifs is 1. The molecule has 2 amide bonds. The lowest BCUT2D eigenvalue weighted by Crippen LogP contribution is -2.57. The molecule has 218 valence electrons. The largest absolute Gasteiger partial charge is 0.490 e. The number of aliphatic carboxylic acids is 1. The minimum Gasteiger partial charge on any atom is -0.475 e. The molecule has 2 heterocycles. The van der Waals surface area contributed by atoms with Crippen molar-refractivity contribution in [2.75, 3.05) is 31.2 Å². The van der Waals surface area contributed by atoms with Crippen molar-refractivity contribution in [2.24, 2.45) is 0 Å². The van der Waals surface area contributed by atoms with Crippen molar-refractivity contribution in [2.45, 2.75) is 37.5 Å². The predicted octanol–water partition coefficient (Wildman–Crippen LogP) is 4.16. The van der Waals surface area contributed by atoms with Gasteiger partial charge in [-0.3, -0.25) is 9.59 Å². The van der Waals surface area contributed by atoms with Gasteiger partial charge in [0.1, 0.15) is 11.4 Å². The highest BCUT2D eigenvalue weighted by Gasteiger charge is 2.50. The Morgan fingerprint density at radius 2 is 1.68 bits per heavy atom. The first-order valence-electron chi connectivity index (χ1n) is 13.0. The number of carbonyl (C=O) groups is 3. The van der Waals surface area contributed by atoms with Gasteiger partial charge in [0.15, 0.2) is 0 Å². The lowest BCUT2D eigenvalue weighted by atomic mass is 9.85. The Hall–Kier alpha value is -4.19. The van der Waals surface area contributed by atoms with Crippen LogP contribution in [-0.2, 0) is 9.59 Å². The number of carboxylic acid groups (broad SMARTS) is 1. The maximum Gasteiger partial charge on any atom is 0.490 e. The number of carboxylic acids is 1. The summed E-state index contributed by atoms with van der Waals surface area (Å²) in [5.41, 5.74) is 0.723. The second-order valence-corrected chi connectivity index (χ2v) is 10.1. The summed E-state index contributed by atoms with van der Waals surface area (Å²) in [6.45, 7) is 4.56. The van der Waals surface area contributed by atoms with Gasteiger partial charge in [-0.05, 0) is 60.9 Å². The van der Waals surface area contributed by atoms with Crippen LogP contribution in [0.25, 0.3) is 10.8 Å². The smallest absolute Gasteiger partial charge is 0.475 e. The first-order valence-corrected chi connectivity index (χ1v) is 13.0. The van der Waals surface area contributed by atoms with Crippen LogP contribution in [0.15, 0.2) is 66.7 Å². The second-order valence-electron chi connectivity index (χ2n) is 10.1. The second kappa shape index (κ2) is 12.1. The standard InChI is InChI=1S/C27H29FN4O2.C2HF3O2/c1-19(30-25(33)22-10-9-20-5-2-3-6-21(20)15-22)17-31-13-11-27(12-14-31)26(34)29-18-32(27)24-8-4-7-23(28)16-24;3-2(4,5)1(6)7/h2-10,15-16,19H,11-14,17-18H2,1H3,(H,29,34)(H,30,33);(H,6,7)/t19-;/m1./s1. The Kier molecular flexibility index (Phi) is 8.81. The van der Waals surface area contributed by atoms with E-state index in [9.17, 15) is 27.2 Å². The predicted molar refractivity (Wildman–Crippen MR) is 145 cm³/mol. The number of alkyl halides is 3. The number of hydrogen-bond acceptors (Lipinski definition) is 5. The highest BCUT2D eigenvalue weighted by Crippen LogP contribution is 2.36. The minimum absolute atomic E-state index is 0.00840. The van der Waals surface area contributed by atoms with Gasteiger partial charge in [0, 0.05) is 36.9 Å². The number of anilines is 1. The first-order chi connectivity index (χ1) is 19.4. The van der Waals surface area contributed by atoms with Crippen LogP contribution >= 0.6 is 0 Å². The van der Waals surface area contributed by atoms with Crippen LogP contribution in [-0.4, -0.2) is 71.9 Å². The maximum atomic E-state index is 13.8. The Morgan fingerprint density at radius 3 is 2.32 bits per heavy atom. The van der Waals surface area contributed by atoms with E-state index in [1.165, 1.54) is 12.1 Å². The summed E-state index contributed by atoms with van der Waals surface area (Å²) < 4.78 is 45.5. The number of benzene rings is 3. The summed E-state index contributed by atoms with van der Waals surface area (Å²) in [6, 6.07) is 20.1. The van der Waals surface area contributed by atoms with Crippen LogP contribution in [0, 0.1) is 5.82 Å². The van der Waals surface area contributed by atoms with Gasteiger partial charge in [0.2, 0.25) is 5.91 Å². The highest BCUT2D eigenvalue weighted by atomic mass is 19.4. The van der Waals surface area contributed by atoms with Gasteiger partial charge in [-0.25, -0.2) is 9.18 Å². The number of piperidine rings is 1. The molecule has 0 aromatic heterocycles.